The summed E-state index contributed by atoms with van der Waals surface area (Å²) in [4.78, 5) is 4.17. The molecule has 1 atom stereocenters. The number of nitrogens with one attached hydrogen (secondary N) is 1. The Hall–Kier alpha value is -1.49. The van der Waals surface area contributed by atoms with Crippen molar-refractivity contribution < 1.29 is 0 Å². The Bertz CT molecular complexity index is 472. The van der Waals surface area contributed by atoms with Crippen molar-refractivity contribution >= 4 is 5.78 Å². The van der Waals surface area contributed by atoms with Crippen molar-refractivity contribution in [1.82, 2.24) is 24.9 Å². The van der Waals surface area contributed by atoms with Gasteiger partial charge in [-0.25, -0.2) is 4.98 Å². The number of fused-ring (bicyclic) bond motifs is 1. The van der Waals surface area contributed by atoms with Gasteiger partial charge in [-0.1, -0.05) is 0 Å². The highest BCUT2D eigenvalue weighted by molar-refractivity contribution is 5.26. The second-order valence-electron chi connectivity index (χ2n) is 4.32. The second kappa shape index (κ2) is 4.17. The predicted molar refractivity (Wildman–Crippen MR) is 60.1 cm³/mol. The van der Waals surface area contributed by atoms with Gasteiger partial charge in [0.05, 0.1) is 0 Å². The van der Waals surface area contributed by atoms with E-state index in [9.17, 15) is 0 Å². The van der Waals surface area contributed by atoms with Crippen LogP contribution in [0.4, 0.5) is 0 Å². The summed E-state index contributed by atoms with van der Waals surface area (Å²) in [6.45, 7) is 2.24. The zero-order valence-electron chi connectivity index (χ0n) is 9.13. The first-order valence-corrected chi connectivity index (χ1v) is 5.79. The summed E-state index contributed by atoms with van der Waals surface area (Å²) in [5.74, 6) is 2.40. The number of hydrogen-bond donors (Lipinski definition) is 1. The highest BCUT2D eigenvalue weighted by Gasteiger charge is 2.16. The van der Waals surface area contributed by atoms with E-state index in [-0.39, 0.29) is 0 Å². The van der Waals surface area contributed by atoms with E-state index in [1.54, 1.807) is 6.20 Å². The monoisotopic (exact) mass is 217 g/mol. The Morgan fingerprint density at radius 3 is 3.31 bits per heavy atom. The molecule has 0 saturated carbocycles. The summed E-state index contributed by atoms with van der Waals surface area (Å²) in [6.07, 6.45) is 7.26. The molecule has 84 valence electrons. The average Bonchev–Trinajstić information content (AvgIpc) is 2.74. The molecule has 1 aliphatic rings. The molecular formula is C11H15N5. The van der Waals surface area contributed by atoms with E-state index in [0.717, 1.165) is 25.3 Å². The molecule has 0 radical (unpaired) electrons. The average molecular weight is 217 g/mol. The van der Waals surface area contributed by atoms with Crippen LogP contribution in [0.3, 0.4) is 0 Å². The summed E-state index contributed by atoms with van der Waals surface area (Å²) < 4.78 is 1.98. The van der Waals surface area contributed by atoms with Crippen molar-refractivity contribution in [2.45, 2.75) is 19.3 Å². The molecule has 16 heavy (non-hydrogen) atoms. The molecule has 1 fully saturated rings. The minimum Gasteiger partial charge on any atom is -0.316 e. The molecule has 0 bridgehead atoms. The molecule has 0 aromatic carbocycles. The molecule has 2 aromatic rings. The molecule has 1 unspecified atom stereocenters. The number of piperidine rings is 1. The quantitative estimate of drug-likeness (QED) is 0.803. The Kier molecular flexibility index (Phi) is 2.53. The van der Waals surface area contributed by atoms with Gasteiger partial charge in [-0.2, -0.15) is 0 Å². The zero-order valence-corrected chi connectivity index (χ0v) is 9.13. The van der Waals surface area contributed by atoms with Crippen LogP contribution in [0.5, 0.6) is 0 Å². The smallest absolute Gasteiger partial charge is 0.254 e. The van der Waals surface area contributed by atoms with Crippen molar-refractivity contribution in [2.75, 3.05) is 13.1 Å². The third-order valence-electron chi connectivity index (χ3n) is 3.13. The SMILES string of the molecule is c1cnc2nnc(CC3CCCNC3)n2c1. The highest BCUT2D eigenvalue weighted by atomic mass is 15.3. The van der Waals surface area contributed by atoms with E-state index in [0.29, 0.717) is 11.7 Å². The largest absolute Gasteiger partial charge is 0.316 e. The number of nitrogens with zero attached hydrogens (tertiary/aromatic N) is 4. The van der Waals surface area contributed by atoms with Gasteiger partial charge in [-0.05, 0) is 37.9 Å². The number of rotatable bonds is 2. The number of hydrogen-bond acceptors (Lipinski definition) is 4. The van der Waals surface area contributed by atoms with Crippen molar-refractivity contribution in [3.8, 4) is 0 Å². The third-order valence-corrected chi connectivity index (χ3v) is 3.13. The molecule has 3 heterocycles. The van der Waals surface area contributed by atoms with Gasteiger partial charge in [0.15, 0.2) is 0 Å². The molecule has 1 aliphatic heterocycles. The van der Waals surface area contributed by atoms with Crippen molar-refractivity contribution in [3.05, 3.63) is 24.3 Å². The zero-order chi connectivity index (χ0) is 10.8. The first-order chi connectivity index (χ1) is 7.93. The van der Waals surface area contributed by atoms with E-state index in [1.165, 1.54) is 12.8 Å². The first kappa shape index (κ1) is 9.72. The fourth-order valence-electron chi connectivity index (χ4n) is 2.28. The van der Waals surface area contributed by atoms with E-state index < -0.39 is 0 Å². The maximum Gasteiger partial charge on any atom is 0.254 e. The molecule has 5 heteroatoms. The first-order valence-electron chi connectivity index (χ1n) is 5.79. The minimum atomic E-state index is 0.682. The lowest BCUT2D eigenvalue weighted by atomic mass is 9.96. The van der Waals surface area contributed by atoms with Gasteiger partial charge < -0.3 is 5.32 Å². The molecule has 5 nitrogen and oxygen atoms in total. The van der Waals surface area contributed by atoms with Gasteiger partial charge in [-0.15, -0.1) is 10.2 Å². The number of aromatic nitrogens is 4. The van der Waals surface area contributed by atoms with E-state index >= 15 is 0 Å². The molecule has 2 aromatic heterocycles. The molecular weight excluding hydrogens is 202 g/mol. The Morgan fingerprint density at radius 2 is 2.44 bits per heavy atom. The van der Waals surface area contributed by atoms with Crippen molar-refractivity contribution in [1.29, 1.82) is 0 Å². The van der Waals surface area contributed by atoms with E-state index in [2.05, 4.69) is 20.5 Å². The van der Waals surface area contributed by atoms with Crippen LogP contribution < -0.4 is 5.32 Å². The molecule has 0 amide bonds. The third kappa shape index (κ3) is 1.78. The van der Waals surface area contributed by atoms with Crippen LogP contribution in [-0.4, -0.2) is 32.7 Å². The van der Waals surface area contributed by atoms with Gasteiger partial charge in [0.1, 0.15) is 5.82 Å². The summed E-state index contributed by atoms with van der Waals surface area (Å²) in [7, 11) is 0. The minimum absolute atomic E-state index is 0.682. The van der Waals surface area contributed by atoms with Gasteiger partial charge in [-0.3, -0.25) is 4.40 Å². The lowest BCUT2D eigenvalue weighted by Gasteiger charge is -2.21. The summed E-state index contributed by atoms with van der Waals surface area (Å²) in [5, 5.41) is 11.7. The summed E-state index contributed by atoms with van der Waals surface area (Å²) >= 11 is 0. The predicted octanol–water partition coefficient (Wildman–Crippen LogP) is 0.666. The van der Waals surface area contributed by atoms with Crippen LogP contribution in [-0.2, 0) is 6.42 Å². The van der Waals surface area contributed by atoms with Crippen molar-refractivity contribution in [3.63, 3.8) is 0 Å². The van der Waals surface area contributed by atoms with Crippen LogP contribution in [0.25, 0.3) is 5.78 Å². The Balaban J connectivity index is 1.83. The Labute approximate surface area is 93.9 Å². The van der Waals surface area contributed by atoms with E-state index in [1.807, 2.05) is 16.7 Å². The Morgan fingerprint density at radius 1 is 1.44 bits per heavy atom. The normalized spacial score (nSPS) is 21.4. The lowest BCUT2D eigenvalue weighted by molar-refractivity contribution is 0.370. The molecule has 1 N–H and O–H groups in total. The molecule has 3 rings (SSSR count). The van der Waals surface area contributed by atoms with Gasteiger partial charge in [0.25, 0.3) is 5.78 Å². The second-order valence-corrected chi connectivity index (χ2v) is 4.32. The van der Waals surface area contributed by atoms with Crippen LogP contribution in [0.2, 0.25) is 0 Å². The van der Waals surface area contributed by atoms with Crippen LogP contribution in [0, 0.1) is 5.92 Å². The van der Waals surface area contributed by atoms with Crippen molar-refractivity contribution in [2.24, 2.45) is 5.92 Å². The van der Waals surface area contributed by atoms with Crippen LogP contribution >= 0.6 is 0 Å². The van der Waals surface area contributed by atoms with Gasteiger partial charge >= 0.3 is 0 Å². The fourth-order valence-corrected chi connectivity index (χ4v) is 2.28. The topological polar surface area (TPSA) is 55.1 Å². The van der Waals surface area contributed by atoms with Crippen LogP contribution in [0.1, 0.15) is 18.7 Å². The summed E-state index contributed by atoms with van der Waals surface area (Å²) in [6, 6.07) is 1.92. The van der Waals surface area contributed by atoms with Gasteiger partial charge in [0, 0.05) is 18.8 Å². The fraction of sp³-hybridized carbons (Fsp3) is 0.545. The van der Waals surface area contributed by atoms with E-state index in [4.69, 9.17) is 0 Å². The van der Waals surface area contributed by atoms with Crippen LogP contribution in [0.15, 0.2) is 18.5 Å². The highest BCUT2D eigenvalue weighted by Crippen LogP contribution is 2.15. The maximum absolute atomic E-state index is 4.21. The summed E-state index contributed by atoms with van der Waals surface area (Å²) in [5.41, 5.74) is 0. The molecule has 1 saturated heterocycles. The molecule has 0 aliphatic carbocycles. The molecule has 0 spiro atoms. The standard InChI is InChI=1S/C11H15N5/c1-3-9(8-12-4-1)7-10-14-15-11-13-5-2-6-16(10)11/h2,5-6,9,12H,1,3-4,7-8H2. The maximum atomic E-state index is 4.21. The van der Waals surface area contributed by atoms with Gasteiger partial charge in [0.2, 0.25) is 0 Å². The lowest BCUT2D eigenvalue weighted by Crippen LogP contribution is -2.31.